The van der Waals surface area contributed by atoms with Crippen LogP contribution in [0.1, 0.15) is 19.8 Å². The molecule has 68 valence electrons. The zero-order chi connectivity index (χ0) is 9.14. The van der Waals surface area contributed by atoms with Crippen molar-refractivity contribution in [3.05, 3.63) is 0 Å². The van der Waals surface area contributed by atoms with Crippen LogP contribution in [-0.2, 0) is 9.59 Å². The van der Waals surface area contributed by atoms with Crippen LogP contribution in [0.2, 0.25) is 0 Å². The molecule has 12 heavy (non-hydrogen) atoms. The van der Waals surface area contributed by atoms with Crippen molar-refractivity contribution in [2.24, 2.45) is 11.8 Å². The standard InChI is InChI=1S/C8H13NO3/c1-5(10)9-4-7-2-6(7)3-8(11)12/h6-7H,2-4H2,1H3,(H,9,10)(H,11,12)/t6-,7-/m0/s1. The Morgan fingerprint density at radius 1 is 1.50 bits per heavy atom. The van der Waals surface area contributed by atoms with Gasteiger partial charge in [0.2, 0.25) is 5.91 Å². The summed E-state index contributed by atoms with van der Waals surface area (Å²) in [5.41, 5.74) is 0. The van der Waals surface area contributed by atoms with Crippen LogP contribution in [0, 0.1) is 11.8 Å². The molecule has 0 heterocycles. The van der Waals surface area contributed by atoms with E-state index >= 15 is 0 Å². The average molecular weight is 171 g/mol. The van der Waals surface area contributed by atoms with Crippen molar-refractivity contribution in [3.8, 4) is 0 Å². The summed E-state index contributed by atoms with van der Waals surface area (Å²) >= 11 is 0. The fraction of sp³-hybridized carbons (Fsp3) is 0.750. The summed E-state index contributed by atoms with van der Waals surface area (Å²) in [6, 6.07) is 0. The first-order chi connectivity index (χ1) is 5.59. The van der Waals surface area contributed by atoms with Crippen LogP contribution in [0.4, 0.5) is 0 Å². The number of carbonyl (C=O) groups is 2. The molecule has 0 aromatic rings. The molecule has 1 rings (SSSR count). The molecule has 0 spiro atoms. The molecule has 4 heteroatoms. The highest BCUT2D eigenvalue weighted by Gasteiger charge is 2.38. The number of aliphatic carboxylic acids is 1. The monoisotopic (exact) mass is 171 g/mol. The zero-order valence-electron chi connectivity index (χ0n) is 7.04. The lowest BCUT2D eigenvalue weighted by Gasteiger charge is -1.98. The minimum atomic E-state index is -0.745. The summed E-state index contributed by atoms with van der Waals surface area (Å²) in [6.07, 6.45) is 1.18. The van der Waals surface area contributed by atoms with E-state index in [4.69, 9.17) is 5.11 Å². The lowest BCUT2D eigenvalue weighted by molar-refractivity contribution is -0.137. The molecule has 2 atom stereocenters. The van der Waals surface area contributed by atoms with Crippen LogP contribution in [0.5, 0.6) is 0 Å². The number of hydrogen-bond donors (Lipinski definition) is 2. The molecule has 0 aromatic carbocycles. The number of nitrogens with one attached hydrogen (secondary N) is 1. The third-order valence-electron chi connectivity index (χ3n) is 2.12. The first-order valence-corrected chi connectivity index (χ1v) is 4.06. The number of amides is 1. The third-order valence-corrected chi connectivity index (χ3v) is 2.12. The van der Waals surface area contributed by atoms with Crippen LogP contribution in [0.25, 0.3) is 0 Å². The van der Waals surface area contributed by atoms with E-state index in [1.165, 1.54) is 6.92 Å². The third kappa shape index (κ3) is 2.90. The molecule has 0 radical (unpaired) electrons. The maximum Gasteiger partial charge on any atom is 0.303 e. The van der Waals surface area contributed by atoms with E-state index in [9.17, 15) is 9.59 Å². The van der Waals surface area contributed by atoms with E-state index in [1.54, 1.807) is 0 Å². The Balaban J connectivity index is 2.08. The van der Waals surface area contributed by atoms with Gasteiger partial charge in [0.05, 0.1) is 0 Å². The van der Waals surface area contributed by atoms with Crippen molar-refractivity contribution >= 4 is 11.9 Å². The van der Waals surface area contributed by atoms with Gasteiger partial charge in [-0.3, -0.25) is 9.59 Å². The summed E-state index contributed by atoms with van der Waals surface area (Å²) in [6.45, 7) is 2.10. The second-order valence-electron chi connectivity index (χ2n) is 3.29. The Hall–Kier alpha value is -1.06. The number of hydrogen-bond acceptors (Lipinski definition) is 2. The van der Waals surface area contributed by atoms with Crippen molar-refractivity contribution < 1.29 is 14.7 Å². The first-order valence-electron chi connectivity index (χ1n) is 4.06. The van der Waals surface area contributed by atoms with Gasteiger partial charge < -0.3 is 10.4 Å². The molecule has 0 bridgehead atoms. The van der Waals surface area contributed by atoms with E-state index in [1.807, 2.05) is 0 Å². The topological polar surface area (TPSA) is 66.4 Å². The lowest BCUT2D eigenvalue weighted by Crippen LogP contribution is -2.22. The van der Waals surface area contributed by atoms with Crippen LogP contribution in [0.3, 0.4) is 0 Å². The fourth-order valence-electron chi connectivity index (χ4n) is 1.31. The van der Waals surface area contributed by atoms with Crippen LogP contribution < -0.4 is 5.32 Å². The van der Waals surface area contributed by atoms with Gasteiger partial charge >= 0.3 is 5.97 Å². The molecular weight excluding hydrogens is 158 g/mol. The molecule has 1 fully saturated rings. The average Bonchev–Trinajstić information content (AvgIpc) is 2.62. The molecule has 0 aliphatic heterocycles. The Bertz CT molecular complexity index is 202. The van der Waals surface area contributed by atoms with Gasteiger partial charge in [-0.25, -0.2) is 0 Å². The van der Waals surface area contributed by atoms with Gasteiger partial charge in [0, 0.05) is 19.9 Å². The second kappa shape index (κ2) is 3.56. The Morgan fingerprint density at radius 2 is 2.17 bits per heavy atom. The molecule has 0 saturated heterocycles. The maximum absolute atomic E-state index is 10.5. The molecule has 1 aliphatic carbocycles. The van der Waals surface area contributed by atoms with Crippen LogP contribution in [0.15, 0.2) is 0 Å². The summed E-state index contributed by atoms with van der Waals surface area (Å²) < 4.78 is 0. The zero-order valence-corrected chi connectivity index (χ0v) is 7.04. The number of carboxylic acids is 1. The number of carbonyl (C=O) groups excluding carboxylic acids is 1. The van der Waals surface area contributed by atoms with E-state index in [0.717, 1.165) is 6.42 Å². The molecular formula is C8H13NO3. The quantitative estimate of drug-likeness (QED) is 0.636. The van der Waals surface area contributed by atoms with Gasteiger partial charge in [0.1, 0.15) is 0 Å². The van der Waals surface area contributed by atoms with Crippen LogP contribution in [-0.4, -0.2) is 23.5 Å². The second-order valence-corrected chi connectivity index (χ2v) is 3.29. The maximum atomic E-state index is 10.5. The SMILES string of the molecule is CC(=O)NC[C@@H]1C[C@H]1CC(=O)O. The number of rotatable bonds is 4. The normalized spacial score (nSPS) is 26.4. The van der Waals surface area contributed by atoms with E-state index in [0.29, 0.717) is 12.5 Å². The van der Waals surface area contributed by atoms with Crippen molar-refractivity contribution in [1.82, 2.24) is 5.32 Å². The largest absolute Gasteiger partial charge is 0.481 e. The molecule has 0 unspecified atom stereocenters. The summed E-state index contributed by atoms with van der Waals surface area (Å²) in [5, 5.41) is 11.1. The Morgan fingerprint density at radius 3 is 2.67 bits per heavy atom. The Kier molecular flexibility index (Phi) is 2.68. The van der Waals surface area contributed by atoms with E-state index < -0.39 is 5.97 Å². The first kappa shape index (κ1) is 9.03. The predicted molar refractivity (Wildman–Crippen MR) is 42.5 cm³/mol. The highest BCUT2D eigenvalue weighted by Crippen LogP contribution is 2.40. The van der Waals surface area contributed by atoms with Crippen molar-refractivity contribution in [2.75, 3.05) is 6.54 Å². The summed E-state index contributed by atoms with van der Waals surface area (Å²) in [5.74, 6) is -0.111. The van der Waals surface area contributed by atoms with E-state index in [-0.39, 0.29) is 18.2 Å². The molecule has 1 saturated carbocycles. The van der Waals surface area contributed by atoms with Gasteiger partial charge in [-0.05, 0) is 18.3 Å². The molecule has 0 aromatic heterocycles. The summed E-state index contributed by atoms with van der Waals surface area (Å²) in [7, 11) is 0. The van der Waals surface area contributed by atoms with Crippen molar-refractivity contribution in [3.63, 3.8) is 0 Å². The van der Waals surface area contributed by atoms with E-state index in [2.05, 4.69) is 5.32 Å². The van der Waals surface area contributed by atoms with Gasteiger partial charge in [0.25, 0.3) is 0 Å². The smallest absolute Gasteiger partial charge is 0.303 e. The van der Waals surface area contributed by atoms with Crippen molar-refractivity contribution in [2.45, 2.75) is 19.8 Å². The van der Waals surface area contributed by atoms with Crippen molar-refractivity contribution in [1.29, 1.82) is 0 Å². The van der Waals surface area contributed by atoms with Crippen LogP contribution >= 0.6 is 0 Å². The Labute approximate surface area is 71.0 Å². The lowest BCUT2D eigenvalue weighted by atomic mass is 10.2. The van der Waals surface area contributed by atoms with Gasteiger partial charge in [-0.15, -0.1) is 0 Å². The molecule has 4 nitrogen and oxygen atoms in total. The predicted octanol–water partition coefficient (Wildman–Crippen LogP) is 0.233. The van der Waals surface area contributed by atoms with Gasteiger partial charge in [-0.2, -0.15) is 0 Å². The fourth-order valence-corrected chi connectivity index (χ4v) is 1.31. The highest BCUT2D eigenvalue weighted by molar-refractivity contribution is 5.72. The van der Waals surface area contributed by atoms with Gasteiger partial charge in [-0.1, -0.05) is 0 Å². The minimum Gasteiger partial charge on any atom is -0.481 e. The molecule has 1 amide bonds. The minimum absolute atomic E-state index is 0.0454. The molecule has 1 aliphatic rings. The summed E-state index contributed by atoms with van der Waals surface area (Å²) in [4.78, 5) is 20.7. The number of carboxylic acid groups (broad SMARTS) is 1. The molecule has 2 N–H and O–H groups in total. The highest BCUT2D eigenvalue weighted by atomic mass is 16.4. The van der Waals surface area contributed by atoms with Gasteiger partial charge in [0.15, 0.2) is 0 Å².